The van der Waals surface area contributed by atoms with E-state index in [9.17, 15) is 9.59 Å². The van der Waals surface area contributed by atoms with Crippen molar-refractivity contribution < 1.29 is 19.1 Å². The fourth-order valence-electron chi connectivity index (χ4n) is 1.82. The van der Waals surface area contributed by atoms with Crippen LogP contribution in [0, 0.1) is 0 Å². The molecule has 0 aliphatic carbocycles. The molecule has 0 saturated carbocycles. The van der Waals surface area contributed by atoms with E-state index >= 15 is 0 Å². The molecular weight excluding hydrogens is 348 g/mol. The van der Waals surface area contributed by atoms with Crippen molar-refractivity contribution in [3.63, 3.8) is 0 Å². The lowest BCUT2D eigenvalue weighted by Gasteiger charge is -2.07. The van der Waals surface area contributed by atoms with Crippen LogP contribution < -0.4 is 4.74 Å². The van der Waals surface area contributed by atoms with Crippen molar-refractivity contribution in [3.05, 3.63) is 64.1 Å². The first-order chi connectivity index (χ1) is 10.6. The zero-order valence-electron chi connectivity index (χ0n) is 12.0. The van der Waals surface area contributed by atoms with E-state index in [0.717, 1.165) is 0 Å². The molecule has 2 aromatic rings. The Morgan fingerprint density at radius 1 is 1.05 bits per heavy atom. The van der Waals surface area contributed by atoms with E-state index in [1.165, 1.54) is 0 Å². The Morgan fingerprint density at radius 3 is 2.36 bits per heavy atom. The molecular formula is C17H15BrO4. The summed E-state index contributed by atoms with van der Waals surface area (Å²) in [7, 11) is 0. The average molecular weight is 363 g/mol. The maximum absolute atomic E-state index is 12.0. The Labute approximate surface area is 137 Å². The Morgan fingerprint density at radius 2 is 1.73 bits per heavy atom. The van der Waals surface area contributed by atoms with Gasteiger partial charge in [-0.2, -0.15) is 0 Å². The summed E-state index contributed by atoms with van der Waals surface area (Å²) in [6, 6.07) is 13.6. The maximum atomic E-state index is 12.0. The highest BCUT2D eigenvalue weighted by Crippen LogP contribution is 2.17. The highest BCUT2D eigenvalue weighted by atomic mass is 79.9. The van der Waals surface area contributed by atoms with Gasteiger partial charge in [-0.1, -0.05) is 12.1 Å². The van der Waals surface area contributed by atoms with Crippen LogP contribution in [0.5, 0.6) is 5.75 Å². The summed E-state index contributed by atoms with van der Waals surface area (Å²) >= 11 is 3.27. The lowest BCUT2D eigenvalue weighted by molar-refractivity contribution is 0.0474. The molecule has 0 bridgehead atoms. The van der Waals surface area contributed by atoms with Gasteiger partial charge in [-0.3, -0.25) is 4.79 Å². The summed E-state index contributed by atoms with van der Waals surface area (Å²) in [6.07, 6.45) is 0. The van der Waals surface area contributed by atoms with Gasteiger partial charge in [0, 0.05) is 10.0 Å². The second-order valence-electron chi connectivity index (χ2n) is 4.44. The van der Waals surface area contributed by atoms with Crippen LogP contribution in [0.2, 0.25) is 0 Å². The van der Waals surface area contributed by atoms with Crippen LogP contribution in [-0.4, -0.2) is 25.0 Å². The first-order valence-electron chi connectivity index (χ1n) is 6.79. The number of halogens is 1. The summed E-state index contributed by atoms with van der Waals surface area (Å²) in [5, 5.41) is 0. The van der Waals surface area contributed by atoms with E-state index in [2.05, 4.69) is 15.9 Å². The van der Waals surface area contributed by atoms with E-state index in [1.807, 2.05) is 6.92 Å². The summed E-state index contributed by atoms with van der Waals surface area (Å²) in [4.78, 5) is 23.9. The second kappa shape index (κ2) is 7.75. The molecule has 0 saturated heterocycles. The quantitative estimate of drug-likeness (QED) is 0.577. The van der Waals surface area contributed by atoms with Crippen molar-refractivity contribution in [2.75, 3.05) is 13.2 Å². The summed E-state index contributed by atoms with van der Waals surface area (Å²) < 4.78 is 11.0. The number of hydrogen-bond donors (Lipinski definition) is 0. The molecule has 0 aromatic heterocycles. The molecule has 114 valence electrons. The standard InChI is InChI=1S/C17H15BrO4/c1-2-21-13-9-7-12(8-10-13)16(19)11-22-17(20)14-5-3-4-6-15(14)18/h3-10H,2,11H2,1H3. The zero-order chi connectivity index (χ0) is 15.9. The van der Waals surface area contributed by atoms with Gasteiger partial charge in [0.05, 0.1) is 12.2 Å². The predicted molar refractivity (Wildman–Crippen MR) is 86.4 cm³/mol. The summed E-state index contributed by atoms with van der Waals surface area (Å²) in [6.45, 7) is 2.16. The van der Waals surface area contributed by atoms with Gasteiger partial charge in [0.25, 0.3) is 0 Å². The Balaban J connectivity index is 1.95. The average Bonchev–Trinajstić information content (AvgIpc) is 2.54. The van der Waals surface area contributed by atoms with Crippen LogP contribution in [-0.2, 0) is 4.74 Å². The Kier molecular flexibility index (Phi) is 5.72. The molecule has 0 N–H and O–H groups in total. The van der Waals surface area contributed by atoms with Crippen molar-refractivity contribution in [1.82, 2.24) is 0 Å². The minimum absolute atomic E-state index is 0.261. The highest BCUT2D eigenvalue weighted by Gasteiger charge is 2.14. The number of hydrogen-bond acceptors (Lipinski definition) is 4. The third-order valence-corrected chi connectivity index (χ3v) is 3.61. The molecule has 0 heterocycles. The summed E-state index contributed by atoms with van der Waals surface area (Å²) in [5.41, 5.74) is 0.866. The maximum Gasteiger partial charge on any atom is 0.339 e. The predicted octanol–water partition coefficient (Wildman–Crippen LogP) is 3.89. The second-order valence-corrected chi connectivity index (χ2v) is 5.29. The summed E-state index contributed by atoms with van der Waals surface area (Å²) in [5.74, 6) is -0.0977. The third-order valence-electron chi connectivity index (χ3n) is 2.92. The van der Waals surface area contributed by atoms with E-state index in [4.69, 9.17) is 9.47 Å². The molecule has 2 rings (SSSR count). The van der Waals surface area contributed by atoms with Crippen LogP contribution >= 0.6 is 15.9 Å². The molecule has 2 aromatic carbocycles. The number of carbonyl (C=O) groups is 2. The molecule has 5 heteroatoms. The van der Waals surface area contributed by atoms with Crippen LogP contribution in [0.3, 0.4) is 0 Å². The fraction of sp³-hybridized carbons (Fsp3) is 0.176. The van der Waals surface area contributed by atoms with Gasteiger partial charge in [0.1, 0.15) is 5.75 Å². The molecule has 0 atom stereocenters. The van der Waals surface area contributed by atoms with Gasteiger partial charge >= 0.3 is 5.97 Å². The van der Waals surface area contributed by atoms with Crippen LogP contribution in [0.15, 0.2) is 53.0 Å². The van der Waals surface area contributed by atoms with Crippen LogP contribution in [0.25, 0.3) is 0 Å². The van der Waals surface area contributed by atoms with Crippen LogP contribution in [0.4, 0.5) is 0 Å². The molecule has 0 fully saturated rings. The normalized spacial score (nSPS) is 10.1. The van der Waals surface area contributed by atoms with Crippen LogP contribution in [0.1, 0.15) is 27.6 Å². The lowest BCUT2D eigenvalue weighted by Crippen LogP contribution is -2.14. The van der Waals surface area contributed by atoms with Crippen molar-refractivity contribution in [1.29, 1.82) is 0 Å². The molecule has 0 amide bonds. The van der Waals surface area contributed by atoms with Crippen molar-refractivity contribution in [3.8, 4) is 5.75 Å². The van der Waals surface area contributed by atoms with Crippen molar-refractivity contribution in [2.24, 2.45) is 0 Å². The molecule has 0 aliphatic heterocycles. The van der Waals surface area contributed by atoms with Crippen molar-refractivity contribution in [2.45, 2.75) is 6.92 Å². The van der Waals surface area contributed by atoms with Gasteiger partial charge in [-0.15, -0.1) is 0 Å². The molecule has 22 heavy (non-hydrogen) atoms. The highest BCUT2D eigenvalue weighted by molar-refractivity contribution is 9.10. The third kappa shape index (κ3) is 4.18. The zero-order valence-corrected chi connectivity index (χ0v) is 13.6. The molecule has 4 nitrogen and oxygen atoms in total. The van der Waals surface area contributed by atoms with E-state index in [-0.39, 0.29) is 12.4 Å². The van der Waals surface area contributed by atoms with Gasteiger partial charge in [0.2, 0.25) is 0 Å². The first kappa shape index (κ1) is 16.2. The molecule has 0 radical (unpaired) electrons. The van der Waals surface area contributed by atoms with E-state index in [0.29, 0.717) is 28.0 Å². The first-order valence-corrected chi connectivity index (χ1v) is 7.59. The minimum Gasteiger partial charge on any atom is -0.494 e. The van der Waals surface area contributed by atoms with Crippen molar-refractivity contribution >= 4 is 27.7 Å². The Hall–Kier alpha value is -2.14. The van der Waals surface area contributed by atoms with Gasteiger partial charge < -0.3 is 9.47 Å². The van der Waals surface area contributed by atoms with E-state index in [1.54, 1.807) is 48.5 Å². The Bertz CT molecular complexity index is 665. The minimum atomic E-state index is -0.535. The number of carbonyl (C=O) groups excluding carboxylic acids is 2. The fourth-order valence-corrected chi connectivity index (χ4v) is 2.27. The monoisotopic (exact) mass is 362 g/mol. The number of benzene rings is 2. The number of Topliss-reactive ketones (excluding diaryl/α,β-unsaturated/α-hetero) is 1. The number of ketones is 1. The number of rotatable bonds is 6. The number of esters is 1. The molecule has 0 spiro atoms. The number of ether oxygens (including phenoxy) is 2. The van der Waals surface area contributed by atoms with Gasteiger partial charge in [-0.25, -0.2) is 4.79 Å². The topological polar surface area (TPSA) is 52.6 Å². The molecule has 0 aliphatic rings. The van der Waals surface area contributed by atoms with Gasteiger partial charge in [-0.05, 0) is 59.3 Å². The lowest BCUT2D eigenvalue weighted by atomic mass is 10.1. The van der Waals surface area contributed by atoms with E-state index < -0.39 is 5.97 Å². The smallest absolute Gasteiger partial charge is 0.339 e. The van der Waals surface area contributed by atoms with Gasteiger partial charge in [0.15, 0.2) is 12.4 Å². The molecule has 0 unspecified atom stereocenters. The largest absolute Gasteiger partial charge is 0.494 e. The SMILES string of the molecule is CCOc1ccc(C(=O)COC(=O)c2ccccc2Br)cc1.